The number of nitrogens with two attached hydrogens (primary N) is 1. The maximum atomic E-state index is 5.75. The first-order valence-electron chi connectivity index (χ1n) is 6.06. The number of anilines is 1. The smallest absolute Gasteiger partial charge is 0.0325 e. The van der Waals surface area contributed by atoms with E-state index in [-0.39, 0.29) is 0 Å². The number of nitrogen functional groups attached to an aromatic ring is 1. The molecule has 0 bridgehead atoms. The van der Waals surface area contributed by atoms with Gasteiger partial charge in [0.25, 0.3) is 0 Å². The van der Waals surface area contributed by atoms with Crippen LogP contribution in [0.2, 0.25) is 0 Å². The van der Waals surface area contributed by atoms with E-state index >= 15 is 0 Å². The predicted octanol–water partition coefficient (Wildman–Crippen LogP) is 2.89. The van der Waals surface area contributed by atoms with E-state index in [1.807, 2.05) is 23.9 Å². The Labute approximate surface area is 102 Å². The van der Waals surface area contributed by atoms with Crippen molar-refractivity contribution in [2.24, 2.45) is 0 Å². The van der Waals surface area contributed by atoms with Gasteiger partial charge < -0.3 is 11.1 Å². The van der Waals surface area contributed by atoms with Crippen molar-refractivity contribution < 1.29 is 0 Å². The molecule has 3 heteroatoms. The van der Waals surface area contributed by atoms with E-state index in [2.05, 4.69) is 17.4 Å². The number of thioether (sulfide) groups is 1. The Kier molecular flexibility index (Phi) is 4.55. The maximum Gasteiger partial charge on any atom is 0.0325 e. The minimum Gasteiger partial charge on any atom is -0.399 e. The quantitative estimate of drug-likeness (QED) is 0.623. The largest absolute Gasteiger partial charge is 0.399 e. The average Bonchev–Trinajstić information content (AvgIpc) is 2.30. The van der Waals surface area contributed by atoms with Crippen molar-refractivity contribution >= 4 is 17.4 Å². The third-order valence-electron chi connectivity index (χ3n) is 3.01. The van der Waals surface area contributed by atoms with Gasteiger partial charge in [0.2, 0.25) is 0 Å². The lowest BCUT2D eigenvalue weighted by molar-refractivity contribution is 0.395. The van der Waals surface area contributed by atoms with Crippen molar-refractivity contribution in [3.05, 3.63) is 24.3 Å². The molecule has 0 aromatic heterocycles. The van der Waals surface area contributed by atoms with E-state index in [9.17, 15) is 0 Å². The molecule has 1 fully saturated rings. The highest BCUT2D eigenvalue weighted by molar-refractivity contribution is 7.99. The lowest BCUT2D eigenvalue weighted by Crippen LogP contribution is -2.34. The molecule has 0 amide bonds. The molecule has 1 aromatic rings. The highest BCUT2D eigenvalue weighted by atomic mass is 32.2. The van der Waals surface area contributed by atoms with Gasteiger partial charge in [-0.25, -0.2) is 0 Å². The van der Waals surface area contributed by atoms with Crippen molar-refractivity contribution in [1.82, 2.24) is 5.32 Å². The van der Waals surface area contributed by atoms with Gasteiger partial charge >= 0.3 is 0 Å². The highest BCUT2D eigenvalue weighted by Crippen LogP contribution is 2.22. The van der Waals surface area contributed by atoms with Crippen molar-refractivity contribution in [3.8, 4) is 0 Å². The summed E-state index contributed by atoms with van der Waals surface area (Å²) in [5.41, 5.74) is 6.61. The summed E-state index contributed by atoms with van der Waals surface area (Å²) < 4.78 is 0. The second-order valence-corrected chi connectivity index (χ2v) is 5.52. The second kappa shape index (κ2) is 6.16. The molecule has 1 saturated heterocycles. The molecule has 1 heterocycles. The molecule has 1 atom stereocenters. The van der Waals surface area contributed by atoms with Crippen LogP contribution in [0.3, 0.4) is 0 Å². The number of benzene rings is 1. The van der Waals surface area contributed by atoms with E-state index < -0.39 is 0 Å². The van der Waals surface area contributed by atoms with Gasteiger partial charge in [-0.3, -0.25) is 0 Å². The Balaban J connectivity index is 1.71. The van der Waals surface area contributed by atoms with Gasteiger partial charge in [-0.1, -0.05) is 12.5 Å². The fourth-order valence-corrected chi connectivity index (χ4v) is 3.13. The molecule has 0 spiro atoms. The second-order valence-electron chi connectivity index (χ2n) is 4.36. The average molecular weight is 236 g/mol. The molecule has 16 heavy (non-hydrogen) atoms. The van der Waals surface area contributed by atoms with Gasteiger partial charge in [0.15, 0.2) is 0 Å². The summed E-state index contributed by atoms with van der Waals surface area (Å²) in [6.07, 6.45) is 5.34. The van der Waals surface area contributed by atoms with Crippen molar-refractivity contribution in [1.29, 1.82) is 0 Å². The molecular weight excluding hydrogens is 216 g/mol. The molecule has 3 N–H and O–H groups in total. The highest BCUT2D eigenvalue weighted by Gasteiger charge is 2.11. The molecule has 1 aliphatic rings. The molecule has 88 valence electrons. The molecular formula is C13H20N2S. The summed E-state index contributed by atoms with van der Waals surface area (Å²) in [5.74, 6) is 1.18. The van der Waals surface area contributed by atoms with E-state index in [1.165, 1.54) is 42.9 Å². The topological polar surface area (TPSA) is 38.0 Å². The summed E-state index contributed by atoms with van der Waals surface area (Å²) in [5, 5.41) is 3.58. The molecule has 0 radical (unpaired) electrons. The van der Waals surface area contributed by atoms with Crippen molar-refractivity contribution in [3.63, 3.8) is 0 Å². The third kappa shape index (κ3) is 3.72. The predicted molar refractivity (Wildman–Crippen MR) is 71.8 cm³/mol. The van der Waals surface area contributed by atoms with Gasteiger partial charge in [0.1, 0.15) is 0 Å². The van der Waals surface area contributed by atoms with Gasteiger partial charge in [0, 0.05) is 16.6 Å². The molecule has 1 aliphatic heterocycles. The summed E-state index contributed by atoms with van der Waals surface area (Å²) >= 11 is 1.91. The molecule has 2 nitrogen and oxygen atoms in total. The number of hydrogen-bond donors (Lipinski definition) is 2. The summed E-state index contributed by atoms with van der Waals surface area (Å²) in [6, 6.07) is 8.89. The maximum absolute atomic E-state index is 5.75. The van der Waals surface area contributed by atoms with E-state index in [4.69, 9.17) is 5.73 Å². The first-order chi connectivity index (χ1) is 7.84. The zero-order valence-corrected chi connectivity index (χ0v) is 10.4. The zero-order chi connectivity index (χ0) is 11.2. The Morgan fingerprint density at radius 2 is 2.31 bits per heavy atom. The van der Waals surface area contributed by atoms with Crippen molar-refractivity contribution in [2.75, 3.05) is 18.0 Å². The molecule has 1 aromatic carbocycles. The van der Waals surface area contributed by atoms with Crippen LogP contribution in [0.5, 0.6) is 0 Å². The monoisotopic (exact) mass is 236 g/mol. The van der Waals surface area contributed by atoms with Gasteiger partial charge in [-0.2, -0.15) is 0 Å². The van der Waals surface area contributed by atoms with Crippen LogP contribution >= 0.6 is 11.8 Å². The van der Waals surface area contributed by atoms with Crippen LogP contribution in [0.1, 0.15) is 25.7 Å². The first kappa shape index (κ1) is 11.8. The van der Waals surface area contributed by atoms with Crippen LogP contribution in [0.15, 0.2) is 29.2 Å². The normalized spacial score (nSPS) is 20.9. The summed E-state index contributed by atoms with van der Waals surface area (Å²) in [4.78, 5) is 1.29. The number of hydrogen-bond acceptors (Lipinski definition) is 3. The van der Waals surface area contributed by atoms with Crippen LogP contribution in [0.4, 0.5) is 5.69 Å². The Bertz CT molecular complexity index is 321. The lowest BCUT2D eigenvalue weighted by atomic mass is 10.0. The van der Waals surface area contributed by atoms with Crippen LogP contribution in [0.25, 0.3) is 0 Å². The first-order valence-corrected chi connectivity index (χ1v) is 7.05. The molecule has 1 unspecified atom stereocenters. The molecule has 0 aliphatic carbocycles. The Morgan fingerprint density at radius 3 is 3.06 bits per heavy atom. The van der Waals surface area contributed by atoms with Gasteiger partial charge in [0.05, 0.1) is 0 Å². The number of piperidine rings is 1. The summed E-state index contributed by atoms with van der Waals surface area (Å²) in [7, 11) is 0. The minimum atomic E-state index is 0.738. The fourth-order valence-electron chi connectivity index (χ4n) is 2.09. The van der Waals surface area contributed by atoms with Crippen molar-refractivity contribution in [2.45, 2.75) is 36.6 Å². The van der Waals surface area contributed by atoms with Crippen LogP contribution in [0, 0.1) is 0 Å². The van der Waals surface area contributed by atoms with Crippen LogP contribution < -0.4 is 11.1 Å². The van der Waals surface area contributed by atoms with E-state index in [1.54, 1.807) is 0 Å². The SMILES string of the molecule is Nc1cccc(SCCC2CCCCN2)c1. The molecule has 0 saturated carbocycles. The third-order valence-corrected chi connectivity index (χ3v) is 4.03. The van der Waals surface area contributed by atoms with Crippen LogP contribution in [-0.4, -0.2) is 18.3 Å². The Morgan fingerprint density at radius 1 is 1.38 bits per heavy atom. The number of nitrogens with one attached hydrogen (secondary N) is 1. The minimum absolute atomic E-state index is 0.738. The standard InChI is InChI=1S/C13H20N2S/c14-11-4-3-6-13(10-11)16-9-7-12-5-1-2-8-15-12/h3-4,6,10,12,15H,1-2,5,7-9,14H2. The summed E-state index contributed by atoms with van der Waals surface area (Å²) in [6.45, 7) is 1.20. The molecule has 2 rings (SSSR count). The van der Waals surface area contributed by atoms with Gasteiger partial charge in [-0.05, 0) is 49.8 Å². The number of rotatable bonds is 4. The van der Waals surface area contributed by atoms with E-state index in [0.717, 1.165) is 11.7 Å². The lowest BCUT2D eigenvalue weighted by Gasteiger charge is -2.23. The van der Waals surface area contributed by atoms with Gasteiger partial charge in [-0.15, -0.1) is 11.8 Å². The van der Waals surface area contributed by atoms with Crippen LogP contribution in [-0.2, 0) is 0 Å². The Hall–Kier alpha value is -0.670. The fraction of sp³-hybridized carbons (Fsp3) is 0.538. The zero-order valence-electron chi connectivity index (χ0n) is 9.61. The van der Waals surface area contributed by atoms with E-state index in [0.29, 0.717) is 0 Å².